The number of anilines is 1. The summed E-state index contributed by atoms with van der Waals surface area (Å²) in [6, 6.07) is 6.16. The van der Waals surface area contributed by atoms with Crippen molar-refractivity contribution in [2.24, 2.45) is 0 Å². The number of nitrogens with one attached hydrogen (secondary N) is 1. The standard InChI is InChI=1S/C18H23N5O5S/c1-13-18(23(25)26)14(2)22(20-13)11-8-17(24)19-15-6-5-7-16(12-15)29(27,28)21-9-3-4-10-21/h5-7,12H,3-4,8-11H2,1-2H3,(H,19,24). The van der Waals surface area contributed by atoms with E-state index >= 15 is 0 Å². The van der Waals surface area contributed by atoms with E-state index in [0.717, 1.165) is 12.8 Å². The summed E-state index contributed by atoms with van der Waals surface area (Å²) in [5, 5.41) is 17.9. The van der Waals surface area contributed by atoms with Crippen molar-refractivity contribution in [2.75, 3.05) is 18.4 Å². The number of aryl methyl sites for hydroxylation is 2. The number of nitrogens with zero attached hydrogens (tertiary/aromatic N) is 4. The summed E-state index contributed by atoms with van der Waals surface area (Å²) in [4.78, 5) is 23.0. The van der Waals surface area contributed by atoms with Gasteiger partial charge in [0.2, 0.25) is 15.9 Å². The number of sulfonamides is 1. The van der Waals surface area contributed by atoms with Gasteiger partial charge in [0, 0.05) is 25.2 Å². The van der Waals surface area contributed by atoms with Crippen LogP contribution in [0.25, 0.3) is 0 Å². The van der Waals surface area contributed by atoms with Crippen molar-refractivity contribution in [1.82, 2.24) is 14.1 Å². The number of carbonyl (C=O) groups is 1. The molecular formula is C18H23N5O5S. The number of benzene rings is 1. The van der Waals surface area contributed by atoms with Crippen LogP contribution in [-0.4, -0.2) is 46.4 Å². The number of hydrogen-bond donors (Lipinski definition) is 1. The molecular weight excluding hydrogens is 398 g/mol. The van der Waals surface area contributed by atoms with Crippen LogP contribution in [0.2, 0.25) is 0 Å². The number of hydrogen-bond acceptors (Lipinski definition) is 6. The van der Waals surface area contributed by atoms with Crippen LogP contribution >= 0.6 is 0 Å². The van der Waals surface area contributed by atoms with Gasteiger partial charge < -0.3 is 5.32 Å². The third-order valence-corrected chi connectivity index (χ3v) is 6.79. The topological polar surface area (TPSA) is 127 Å². The molecule has 0 spiro atoms. The lowest BCUT2D eigenvalue weighted by Gasteiger charge is -2.16. The molecule has 156 valence electrons. The molecule has 0 saturated carbocycles. The van der Waals surface area contributed by atoms with Crippen molar-refractivity contribution >= 4 is 27.3 Å². The molecule has 1 amide bonds. The van der Waals surface area contributed by atoms with Crippen molar-refractivity contribution in [3.8, 4) is 0 Å². The maximum atomic E-state index is 12.7. The van der Waals surface area contributed by atoms with E-state index in [0.29, 0.717) is 30.2 Å². The molecule has 2 heterocycles. The van der Waals surface area contributed by atoms with Crippen LogP contribution in [-0.2, 0) is 21.4 Å². The highest BCUT2D eigenvalue weighted by Crippen LogP contribution is 2.24. The fourth-order valence-electron chi connectivity index (χ4n) is 3.41. The second kappa shape index (κ2) is 8.29. The van der Waals surface area contributed by atoms with Gasteiger partial charge in [-0.1, -0.05) is 6.07 Å². The SMILES string of the molecule is Cc1nn(CCC(=O)Nc2cccc(S(=O)(=O)N3CCCC3)c2)c(C)c1[N+](=O)[O-]. The number of nitro groups is 1. The molecule has 1 N–H and O–H groups in total. The van der Waals surface area contributed by atoms with Crippen molar-refractivity contribution in [3.05, 3.63) is 45.8 Å². The molecule has 1 saturated heterocycles. The Kier molecular flexibility index (Phi) is 5.99. The predicted molar refractivity (Wildman–Crippen MR) is 106 cm³/mol. The van der Waals surface area contributed by atoms with E-state index in [1.165, 1.54) is 21.1 Å². The van der Waals surface area contributed by atoms with Crippen molar-refractivity contribution in [3.63, 3.8) is 0 Å². The lowest BCUT2D eigenvalue weighted by molar-refractivity contribution is -0.386. The van der Waals surface area contributed by atoms with Crippen molar-refractivity contribution < 1.29 is 18.1 Å². The molecule has 10 nitrogen and oxygen atoms in total. The van der Waals surface area contributed by atoms with Gasteiger partial charge in [-0.15, -0.1) is 0 Å². The quantitative estimate of drug-likeness (QED) is 0.539. The van der Waals surface area contributed by atoms with Gasteiger partial charge >= 0.3 is 5.69 Å². The normalized spacial score (nSPS) is 14.8. The van der Waals surface area contributed by atoms with E-state index in [1.807, 2.05) is 0 Å². The number of amides is 1. The van der Waals surface area contributed by atoms with Crippen molar-refractivity contribution in [2.45, 2.75) is 44.6 Å². The number of aromatic nitrogens is 2. The van der Waals surface area contributed by atoms with Crippen LogP contribution in [0.3, 0.4) is 0 Å². The van der Waals surface area contributed by atoms with Gasteiger partial charge in [-0.25, -0.2) is 8.42 Å². The van der Waals surface area contributed by atoms with Gasteiger partial charge in [0.1, 0.15) is 11.4 Å². The lowest BCUT2D eigenvalue weighted by Crippen LogP contribution is -2.28. The third kappa shape index (κ3) is 4.46. The minimum Gasteiger partial charge on any atom is -0.326 e. The minimum atomic E-state index is -3.56. The Bertz CT molecular complexity index is 1040. The van der Waals surface area contributed by atoms with Crippen LogP contribution in [0.15, 0.2) is 29.2 Å². The van der Waals surface area contributed by atoms with E-state index < -0.39 is 14.9 Å². The molecule has 29 heavy (non-hydrogen) atoms. The zero-order valence-corrected chi connectivity index (χ0v) is 17.1. The maximum absolute atomic E-state index is 12.7. The summed E-state index contributed by atoms with van der Waals surface area (Å²) in [5.41, 5.74) is 1.02. The van der Waals surface area contributed by atoms with Crippen LogP contribution < -0.4 is 5.32 Å². The predicted octanol–water partition coefficient (Wildman–Crippen LogP) is 2.22. The van der Waals surface area contributed by atoms with Gasteiger partial charge in [-0.2, -0.15) is 9.40 Å². The fraction of sp³-hybridized carbons (Fsp3) is 0.444. The molecule has 0 radical (unpaired) electrons. The van der Waals surface area contributed by atoms with Gasteiger partial charge in [-0.3, -0.25) is 19.6 Å². The highest BCUT2D eigenvalue weighted by Gasteiger charge is 2.27. The Morgan fingerprint density at radius 3 is 2.59 bits per heavy atom. The fourth-order valence-corrected chi connectivity index (χ4v) is 4.98. The first kappa shape index (κ1) is 20.9. The molecule has 0 bridgehead atoms. The smallest absolute Gasteiger partial charge is 0.312 e. The zero-order chi connectivity index (χ0) is 21.2. The summed E-state index contributed by atoms with van der Waals surface area (Å²) >= 11 is 0. The Hall–Kier alpha value is -2.79. The van der Waals surface area contributed by atoms with E-state index in [9.17, 15) is 23.3 Å². The Morgan fingerprint density at radius 1 is 1.28 bits per heavy atom. The molecule has 11 heteroatoms. The average Bonchev–Trinajstić information content (AvgIpc) is 3.29. The van der Waals surface area contributed by atoms with Gasteiger partial charge in [0.05, 0.1) is 16.4 Å². The molecule has 3 rings (SSSR count). The van der Waals surface area contributed by atoms with E-state index in [2.05, 4.69) is 10.4 Å². The Morgan fingerprint density at radius 2 is 1.97 bits per heavy atom. The monoisotopic (exact) mass is 421 g/mol. The van der Waals surface area contributed by atoms with Crippen molar-refractivity contribution in [1.29, 1.82) is 0 Å². The van der Waals surface area contributed by atoms with Gasteiger partial charge in [-0.05, 0) is 44.9 Å². The van der Waals surface area contributed by atoms with Crippen LogP contribution in [0.4, 0.5) is 11.4 Å². The zero-order valence-electron chi connectivity index (χ0n) is 16.3. The number of carbonyl (C=O) groups excluding carboxylic acids is 1. The lowest BCUT2D eigenvalue weighted by atomic mass is 10.3. The summed E-state index contributed by atoms with van der Waals surface area (Å²) in [5.74, 6) is -0.337. The van der Waals surface area contributed by atoms with E-state index in [4.69, 9.17) is 0 Å². The Labute approximate surface area is 168 Å². The summed E-state index contributed by atoms with van der Waals surface area (Å²) in [6.45, 7) is 4.33. The van der Waals surface area contributed by atoms with Crippen LogP contribution in [0, 0.1) is 24.0 Å². The molecule has 2 aromatic rings. The molecule has 0 unspecified atom stereocenters. The second-order valence-electron chi connectivity index (χ2n) is 6.94. The first-order chi connectivity index (χ1) is 13.7. The summed E-state index contributed by atoms with van der Waals surface area (Å²) in [6.07, 6.45) is 1.74. The molecule has 1 aliphatic rings. The highest BCUT2D eigenvalue weighted by atomic mass is 32.2. The minimum absolute atomic E-state index is 0.0439. The molecule has 1 fully saturated rings. The molecule has 1 aliphatic heterocycles. The highest BCUT2D eigenvalue weighted by molar-refractivity contribution is 7.89. The van der Waals surface area contributed by atoms with Gasteiger partial charge in [0.15, 0.2) is 0 Å². The maximum Gasteiger partial charge on any atom is 0.312 e. The first-order valence-corrected chi connectivity index (χ1v) is 10.7. The molecule has 1 aromatic carbocycles. The molecule has 0 aliphatic carbocycles. The van der Waals surface area contributed by atoms with Crippen LogP contribution in [0.1, 0.15) is 30.7 Å². The average molecular weight is 421 g/mol. The first-order valence-electron chi connectivity index (χ1n) is 9.28. The van der Waals surface area contributed by atoms with E-state index in [1.54, 1.807) is 26.0 Å². The third-order valence-electron chi connectivity index (χ3n) is 4.90. The largest absolute Gasteiger partial charge is 0.326 e. The molecule has 1 aromatic heterocycles. The van der Waals surface area contributed by atoms with Crippen LogP contribution in [0.5, 0.6) is 0 Å². The molecule has 0 atom stereocenters. The number of rotatable bonds is 7. The van der Waals surface area contributed by atoms with Gasteiger partial charge in [0.25, 0.3) is 0 Å². The Balaban J connectivity index is 1.66. The van der Waals surface area contributed by atoms with E-state index in [-0.39, 0.29) is 29.5 Å². The second-order valence-corrected chi connectivity index (χ2v) is 8.87. The summed E-state index contributed by atoms with van der Waals surface area (Å²) < 4.78 is 28.2. The summed E-state index contributed by atoms with van der Waals surface area (Å²) in [7, 11) is -3.56.